The van der Waals surface area contributed by atoms with Crippen molar-refractivity contribution in [3.05, 3.63) is 64.8 Å². The first-order valence-corrected chi connectivity index (χ1v) is 6.83. The van der Waals surface area contributed by atoms with Crippen LogP contribution in [0, 0.1) is 0 Å². The van der Waals surface area contributed by atoms with Gasteiger partial charge in [0.25, 0.3) is 0 Å². The van der Waals surface area contributed by atoms with Crippen LogP contribution in [0.4, 0.5) is 0 Å². The lowest BCUT2D eigenvalue weighted by molar-refractivity contribution is 1.52. The third kappa shape index (κ3) is 2.07. The van der Waals surface area contributed by atoms with Gasteiger partial charge in [-0.2, -0.15) is 0 Å². The predicted octanol–water partition coefficient (Wildman–Crippen LogP) is 4.22. The fraction of sp³-hybridized carbons (Fsp3) is 0. The van der Waals surface area contributed by atoms with Crippen LogP contribution in [0.2, 0.25) is 0 Å². The first-order chi connectivity index (χ1) is 8.74. The van der Waals surface area contributed by atoms with Crippen molar-refractivity contribution in [1.29, 1.82) is 0 Å². The molecule has 1 heterocycles. The summed E-state index contributed by atoms with van der Waals surface area (Å²) in [6.45, 7) is 0. The number of rotatable bonds is 1. The van der Waals surface area contributed by atoms with E-state index in [0.717, 1.165) is 25.4 Å². The Hall–Kier alpha value is -1.58. The van der Waals surface area contributed by atoms with Crippen molar-refractivity contribution in [3.63, 3.8) is 0 Å². The van der Waals surface area contributed by atoms with Gasteiger partial charge in [-0.15, -0.1) is 24.0 Å². The van der Waals surface area contributed by atoms with E-state index in [1.54, 1.807) is 17.4 Å². The number of hydrogen-bond acceptors (Lipinski definition) is 3. The molecule has 0 fully saturated rings. The average Bonchev–Trinajstić information content (AvgIpc) is 2.40. The summed E-state index contributed by atoms with van der Waals surface area (Å²) in [5.74, 6) is 0. The van der Waals surface area contributed by atoms with E-state index in [-0.39, 0.29) is 5.43 Å². The fourth-order valence-electron chi connectivity index (χ4n) is 1.89. The number of benzene rings is 2. The average molecular weight is 270 g/mol. The molecule has 0 aliphatic heterocycles. The minimum atomic E-state index is 0.0542. The molecule has 0 amide bonds. The molecule has 18 heavy (non-hydrogen) atoms. The van der Waals surface area contributed by atoms with Crippen LogP contribution in [0.1, 0.15) is 0 Å². The van der Waals surface area contributed by atoms with E-state index in [4.69, 9.17) is 0 Å². The van der Waals surface area contributed by atoms with Gasteiger partial charge in [-0.3, -0.25) is 4.79 Å². The maximum atomic E-state index is 12.1. The summed E-state index contributed by atoms with van der Waals surface area (Å²) in [7, 11) is 0. The smallest absolute Gasteiger partial charge is 0.188 e. The molecule has 0 N–H and O–H groups in total. The Labute approximate surface area is 114 Å². The van der Waals surface area contributed by atoms with E-state index in [1.165, 1.54) is 0 Å². The monoisotopic (exact) mass is 270 g/mol. The second kappa shape index (κ2) is 4.59. The predicted molar refractivity (Wildman–Crippen MR) is 80.8 cm³/mol. The van der Waals surface area contributed by atoms with Gasteiger partial charge in [0.05, 0.1) is 0 Å². The molecule has 3 rings (SSSR count). The SMILES string of the molecule is O=c1cc(-c2ccccc2)sc2ccc(S)cc12. The van der Waals surface area contributed by atoms with Crippen LogP contribution in [0.25, 0.3) is 20.5 Å². The van der Waals surface area contributed by atoms with Crippen LogP contribution < -0.4 is 5.43 Å². The number of hydrogen-bond donors (Lipinski definition) is 1. The Morgan fingerprint density at radius 1 is 0.944 bits per heavy atom. The van der Waals surface area contributed by atoms with Crippen molar-refractivity contribution in [2.75, 3.05) is 0 Å². The molecule has 2 aromatic carbocycles. The van der Waals surface area contributed by atoms with E-state index in [2.05, 4.69) is 12.6 Å². The summed E-state index contributed by atoms with van der Waals surface area (Å²) in [5, 5.41) is 0.743. The van der Waals surface area contributed by atoms with Crippen LogP contribution in [0.15, 0.2) is 64.3 Å². The van der Waals surface area contributed by atoms with Crippen LogP contribution in [-0.2, 0) is 0 Å². The quantitative estimate of drug-likeness (QED) is 0.655. The van der Waals surface area contributed by atoms with E-state index >= 15 is 0 Å². The molecule has 0 unspecified atom stereocenters. The number of fused-ring (bicyclic) bond motifs is 1. The summed E-state index contributed by atoms with van der Waals surface area (Å²) in [5.41, 5.74) is 1.13. The molecule has 0 radical (unpaired) electrons. The van der Waals surface area contributed by atoms with Gasteiger partial charge in [0, 0.05) is 25.9 Å². The lowest BCUT2D eigenvalue weighted by atomic mass is 10.2. The van der Waals surface area contributed by atoms with Gasteiger partial charge in [0.15, 0.2) is 5.43 Å². The maximum Gasteiger partial charge on any atom is 0.188 e. The van der Waals surface area contributed by atoms with Gasteiger partial charge in [-0.1, -0.05) is 30.3 Å². The third-order valence-corrected chi connectivity index (χ3v) is 4.20. The third-order valence-electron chi connectivity index (χ3n) is 2.77. The van der Waals surface area contributed by atoms with Gasteiger partial charge in [0.1, 0.15) is 0 Å². The minimum Gasteiger partial charge on any atom is -0.289 e. The summed E-state index contributed by atoms with van der Waals surface area (Å²) in [4.78, 5) is 13.9. The van der Waals surface area contributed by atoms with Crippen molar-refractivity contribution < 1.29 is 0 Å². The molecule has 0 aliphatic carbocycles. The van der Waals surface area contributed by atoms with Crippen LogP contribution >= 0.6 is 24.0 Å². The Balaban J connectivity index is 2.29. The van der Waals surface area contributed by atoms with E-state index < -0.39 is 0 Å². The van der Waals surface area contributed by atoms with Crippen molar-refractivity contribution in [3.8, 4) is 10.4 Å². The summed E-state index contributed by atoms with van der Waals surface area (Å²) >= 11 is 5.90. The van der Waals surface area contributed by atoms with Crippen molar-refractivity contribution in [2.45, 2.75) is 4.90 Å². The fourth-order valence-corrected chi connectivity index (χ4v) is 3.15. The maximum absolute atomic E-state index is 12.1. The summed E-state index contributed by atoms with van der Waals surface area (Å²) in [6, 6.07) is 17.4. The molecule has 88 valence electrons. The first kappa shape index (κ1) is 11.5. The standard InChI is InChI=1S/C15H10OS2/c16-13-9-15(10-4-2-1-3-5-10)18-14-7-6-11(17)8-12(13)14/h1-9,17H. The van der Waals surface area contributed by atoms with Crippen LogP contribution in [-0.4, -0.2) is 0 Å². The van der Waals surface area contributed by atoms with Gasteiger partial charge in [-0.05, 0) is 23.8 Å². The second-order valence-electron chi connectivity index (χ2n) is 4.02. The lowest BCUT2D eigenvalue weighted by Crippen LogP contribution is -1.98. The highest BCUT2D eigenvalue weighted by Gasteiger charge is 2.04. The highest BCUT2D eigenvalue weighted by atomic mass is 32.1. The molecule has 3 heteroatoms. The highest BCUT2D eigenvalue weighted by Crippen LogP contribution is 2.28. The lowest BCUT2D eigenvalue weighted by Gasteiger charge is -2.03. The Bertz CT molecular complexity index is 760. The van der Waals surface area contributed by atoms with Crippen LogP contribution in [0.3, 0.4) is 0 Å². The molecule has 3 aromatic rings. The zero-order chi connectivity index (χ0) is 12.5. The molecule has 0 aliphatic rings. The molecule has 0 saturated carbocycles. The van der Waals surface area contributed by atoms with Crippen molar-refractivity contribution in [1.82, 2.24) is 0 Å². The van der Waals surface area contributed by atoms with Gasteiger partial charge >= 0.3 is 0 Å². The number of thiol groups is 1. The Morgan fingerprint density at radius 3 is 2.50 bits per heavy atom. The zero-order valence-corrected chi connectivity index (χ0v) is 11.2. The first-order valence-electron chi connectivity index (χ1n) is 5.56. The van der Waals surface area contributed by atoms with E-state index in [0.29, 0.717) is 0 Å². The molecule has 0 bridgehead atoms. The molecule has 0 spiro atoms. The van der Waals surface area contributed by atoms with E-state index in [1.807, 2.05) is 48.5 Å². The normalized spacial score (nSPS) is 10.7. The van der Waals surface area contributed by atoms with Gasteiger partial charge in [-0.25, -0.2) is 0 Å². The molecule has 1 nitrogen and oxygen atoms in total. The van der Waals surface area contributed by atoms with Gasteiger partial charge < -0.3 is 0 Å². The summed E-state index contributed by atoms with van der Waals surface area (Å²) in [6.07, 6.45) is 0. The Kier molecular flexibility index (Phi) is 2.94. The van der Waals surface area contributed by atoms with Crippen molar-refractivity contribution >= 4 is 34.1 Å². The Morgan fingerprint density at radius 2 is 1.72 bits per heavy atom. The highest BCUT2D eigenvalue weighted by molar-refractivity contribution is 7.80. The van der Waals surface area contributed by atoms with E-state index in [9.17, 15) is 4.79 Å². The molecule has 0 atom stereocenters. The molecule has 1 aromatic heterocycles. The second-order valence-corrected chi connectivity index (χ2v) is 5.62. The zero-order valence-electron chi connectivity index (χ0n) is 9.46. The largest absolute Gasteiger partial charge is 0.289 e. The molecular weight excluding hydrogens is 260 g/mol. The molecular formula is C15H10OS2. The minimum absolute atomic E-state index is 0.0542. The van der Waals surface area contributed by atoms with Crippen LogP contribution in [0.5, 0.6) is 0 Å². The topological polar surface area (TPSA) is 17.1 Å². The van der Waals surface area contributed by atoms with Gasteiger partial charge in [0.2, 0.25) is 0 Å². The molecule has 0 saturated heterocycles. The van der Waals surface area contributed by atoms with Crippen molar-refractivity contribution in [2.24, 2.45) is 0 Å². The summed E-state index contributed by atoms with van der Waals surface area (Å²) < 4.78 is 0.999.